The molecule has 1 fully saturated rings. The molecule has 4 unspecified atom stereocenters. The number of rotatable bonds is 12. The Kier molecular flexibility index (Phi) is 10.2. The second-order valence-electron chi connectivity index (χ2n) is 9.23. The molecule has 0 spiro atoms. The van der Waals surface area contributed by atoms with Gasteiger partial charge in [-0.3, -0.25) is 19.2 Å². The molecular weight excluding hydrogens is 472 g/mol. The monoisotopic (exact) mass is 506 g/mol. The molecule has 12 heteroatoms. The summed E-state index contributed by atoms with van der Waals surface area (Å²) in [5.74, 6) is -4.42. The Morgan fingerprint density at radius 1 is 1.08 bits per heavy atom. The molecule has 4 atom stereocenters. The van der Waals surface area contributed by atoms with Crippen LogP contribution in [0.2, 0.25) is 0 Å². The van der Waals surface area contributed by atoms with Crippen LogP contribution in [0.3, 0.4) is 0 Å². The number of benzene rings is 1. The lowest BCUT2D eigenvalue weighted by Crippen LogP contribution is -2.58. The number of hydrogen-bond donors (Lipinski definition) is 6. The van der Waals surface area contributed by atoms with Crippen LogP contribution < -0.4 is 16.4 Å². The molecule has 0 bridgehead atoms. The van der Waals surface area contributed by atoms with E-state index < -0.39 is 53.8 Å². The molecule has 1 aliphatic rings. The molecule has 1 aromatic carbocycles. The van der Waals surface area contributed by atoms with Crippen molar-refractivity contribution in [1.29, 1.82) is 0 Å². The zero-order chi connectivity index (χ0) is 27.0. The highest BCUT2D eigenvalue weighted by Gasteiger charge is 2.40. The second kappa shape index (κ2) is 12.9. The minimum Gasteiger partial charge on any atom is -0.508 e. The van der Waals surface area contributed by atoms with Crippen molar-refractivity contribution in [3.63, 3.8) is 0 Å². The van der Waals surface area contributed by atoms with Gasteiger partial charge in [-0.25, -0.2) is 4.79 Å². The first-order valence-electron chi connectivity index (χ1n) is 11.8. The number of aliphatic carboxylic acids is 2. The molecule has 198 valence electrons. The van der Waals surface area contributed by atoms with Crippen molar-refractivity contribution >= 4 is 29.7 Å². The highest BCUT2D eigenvalue weighted by molar-refractivity contribution is 5.94. The van der Waals surface area contributed by atoms with Gasteiger partial charge in [-0.1, -0.05) is 26.0 Å². The topological polar surface area (TPSA) is 199 Å². The minimum atomic E-state index is -1.24. The maximum absolute atomic E-state index is 13.3. The van der Waals surface area contributed by atoms with Crippen LogP contribution in [0.1, 0.15) is 45.1 Å². The largest absolute Gasteiger partial charge is 0.508 e. The Morgan fingerprint density at radius 3 is 2.28 bits per heavy atom. The van der Waals surface area contributed by atoms with E-state index in [1.54, 1.807) is 26.0 Å². The first-order chi connectivity index (χ1) is 16.9. The molecule has 0 aliphatic carbocycles. The molecule has 1 aromatic rings. The number of nitrogens with two attached hydrogens (primary N) is 1. The fourth-order valence-corrected chi connectivity index (χ4v) is 4.00. The van der Waals surface area contributed by atoms with Crippen molar-refractivity contribution in [1.82, 2.24) is 15.5 Å². The number of carbonyl (C=O) groups excluding carboxylic acids is 3. The lowest BCUT2D eigenvalue weighted by atomic mass is 10.0. The molecule has 7 N–H and O–H groups in total. The highest BCUT2D eigenvalue weighted by atomic mass is 16.4. The maximum Gasteiger partial charge on any atom is 0.326 e. The van der Waals surface area contributed by atoms with Crippen LogP contribution >= 0.6 is 0 Å². The fourth-order valence-electron chi connectivity index (χ4n) is 4.00. The van der Waals surface area contributed by atoms with Crippen molar-refractivity contribution in [2.24, 2.45) is 11.7 Å². The summed E-state index contributed by atoms with van der Waals surface area (Å²) in [4.78, 5) is 62.7. The predicted octanol–water partition coefficient (Wildman–Crippen LogP) is -0.172. The Bertz CT molecular complexity index is 965. The Hall–Kier alpha value is -3.67. The smallest absolute Gasteiger partial charge is 0.326 e. The summed E-state index contributed by atoms with van der Waals surface area (Å²) in [5, 5.41) is 32.9. The van der Waals surface area contributed by atoms with Gasteiger partial charge in [0.25, 0.3) is 0 Å². The van der Waals surface area contributed by atoms with E-state index >= 15 is 0 Å². The van der Waals surface area contributed by atoms with Crippen LogP contribution in [-0.4, -0.2) is 80.6 Å². The number of carboxylic acids is 2. The van der Waals surface area contributed by atoms with E-state index in [-0.39, 0.29) is 37.5 Å². The fraction of sp³-hybridized carbons (Fsp3) is 0.542. The van der Waals surface area contributed by atoms with E-state index in [4.69, 9.17) is 10.8 Å². The number of carboxylic acid groups (broad SMARTS) is 2. The Balaban J connectivity index is 2.08. The Labute approximate surface area is 208 Å². The quantitative estimate of drug-likeness (QED) is 0.223. The summed E-state index contributed by atoms with van der Waals surface area (Å²) in [6.07, 6.45) is 0.460. The van der Waals surface area contributed by atoms with Gasteiger partial charge in [-0.15, -0.1) is 0 Å². The standard InChI is InChI=1S/C24H34N4O8/c1-13(2)20(27-21(32)16(25)9-10-19(30)31)23(34)28-11-3-4-18(28)22(33)26-17(24(35)36)12-14-5-7-15(29)8-6-14/h5-8,13,16-18,20,29H,3-4,9-12,25H2,1-2H3,(H,26,33)(H,27,32)(H,30,31)(H,35,36). The average Bonchev–Trinajstić information content (AvgIpc) is 3.31. The number of amides is 3. The lowest BCUT2D eigenvalue weighted by Gasteiger charge is -2.31. The first kappa shape index (κ1) is 28.6. The van der Waals surface area contributed by atoms with Gasteiger partial charge in [-0.2, -0.15) is 0 Å². The van der Waals surface area contributed by atoms with Crippen LogP contribution in [0, 0.1) is 5.92 Å². The summed E-state index contributed by atoms with van der Waals surface area (Å²) < 4.78 is 0. The molecule has 3 amide bonds. The molecule has 12 nitrogen and oxygen atoms in total. The SMILES string of the molecule is CC(C)C(NC(=O)C(N)CCC(=O)O)C(=O)N1CCCC1C(=O)NC(Cc1ccc(O)cc1)C(=O)O. The van der Waals surface area contributed by atoms with Crippen LogP contribution in [-0.2, 0) is 30.4 Å². The first-order valence-corrected chi connectivity index (χ1v) is 11.8. The van der Waals surface area contributed by atoms with Gasteiger partial charge in [0.1, 0.15) is 23.9 Å². The van der Waals surface area contributed by atoms with Gasteiger partial charge in [0, 0.05) is 19.4 Å². The third kappa shape index (κ3) is 7.94. The summed E-state index contributed by atoms with van der Waals surface area (Å²) in [6.45, 7) is 3.69. The van der Waals surface area contributed by atoms with E-state index in [1.165, 1.54) is 17.0 Å². The zero-order valence-corrected chi connectivity index (χ0v) is 20.3. The van der Waals surface area contributed by atoms with Crippen molar-refractivity contribution < 1.29 is 39.3 Å². The number of carbonyl (C=O) groups is 5. The molecule has 0 aromatic heterocycles. The summed E-state index contributed by atoms with van der Waals surface area (Å²) in [7, 11) is 0. The van der Waals surface area contributed by atoms with E-state index in [0.29, 0.717) is 18.4 Å². The van der Waals surface area contributed by atoms with Crippen molar-refractivity contribution in [2.45, 2.75) is 70.1 Å². The molecule has 1 aliphatic heterocycles. The van der Waals surface area contributed by atoms with Crippen molar-refractivity contribution in [3.05, 3.63) is 29.8 Å². The molecule has 0 radical (unpaired) electrons. The number of likely N-dealkylation sites (tertiary alicyclic amines) is 1. The lowest BCUT2D eigenvalue weighted by molar-refractivity contribution is -0.145. The third-order valence-electron chi connectivity index (χ3n) is 6.07. The molecular formula is C24H34N4O8. The number of phenols is 1. The zero-order valence-electron chi connectivity index (χ0n) is 20.3. The number of phenolic OH excluding ortho intramolecular Hbond substituents is 1. The molecule has 2 rings (SSSR count). The van der Waals surface area contributed by atoms with Crippen LogP contribution in [0.4, 0.5) is 0 Å². The number of nitrogens with one attached hydrogen (secondary N) is 2. The van der Waals surface area contributed by atoms with Gasteiger partial charge >= 0.3 is 11.9 Å². The number of hydrogen-bond acceptors (Lipinski definition) is 7. The highest BCUT2D eigenvalue weighted by Crippen LogP contribution is 2.21. The average molecular weight is 507 g/mol. The minimum absolute atomic E-state index is 0.0130. The van der Waals surface area contributed by atoms with Crippen molar-refractivity contribution in [2.75, 3.05) is 6.54 Å². The van der Waals surface area contributed by atoms with E-state index in [1.807, 2.05) is 0 Å². The van der Waals surface area contributed by atoms with Crippen LogP contribution in [0.5, 0.6) is 5.75 Å². The van der Waals surface area contributed by atoms with Gasteiger partial charge in [0.05, 0.1) is 6.04 Å². The summed E-state index contributed by atoms with van der Waals surface area (Å²) in [5.41, 5.74) is 6.36. The summed E-state index contributed by atoms with van der Waals surface area (Å²) >= 11 is 0. The normalized spacial score (nSPS) is 17.8. The van der Waals surface area contributed by atoms with Gasteiger partial charge in [0.2, 0.25) is 17.7 Å². The Morgan fingerprint density at radius 2 is 1.72 bits per heavy atom. The van der Waals surface area contributed by atoms with Gasteiger partial charge in [0.15, 0.2) is 0 Å². The molecule has 0 saturated carbocycles. The molecule has 1 heterocycles. The van der Waals surface area contributed by atoms with Crippen LogP contribution in [0.15, 0.2) is 24.3 Å². The van der Waals surface area contributed by atoms with E-state index in [0.717, 1.165) is 0 Å². The molecule has 1 saturated heterocycles. The third-order valence-corrected chi connectivity index (χ3v) is 6.07. The van der Waals surface area contributed by atoms with Gasteiger partial charge in [-0.05, 0) is 42.9 Å². The van der Waals surface area contributed by atoms with Crippen molar-refractivity contribution in [3.8, 4) is 5.75 Å². The van der Waals surface area contributed by atoms with E-state index in [2.05, 4.69) is 10.6 Å². The maximum atomic E-state index is 13.3. The van der Waals surface area contributed by atoms with Crippen LogP contribution in [0.25, 0.3) is 0 Å². The predicted molar refractivity (Wildman–Crippen MR) is 128 cm³/mol. The number of nitrogens with zero attached hydrogens (tertiary/aromatic N) is 1. The number of aromatic hydroxyl groups is 1. The summed E-state index contributed by atoms with van der Waals surface area (Å²) in [6, 6.07) is 1.70. The van der Waals surface area contributed by atoms with Gasteiger partial charge < -0.3 is 36.6 Å². The van der Waals surface area contributed by atoms with E-state index in [9.17, 15) is 34.2 Å². The molecule has 36 heavy (non-hydrogen) atoms. The second-order valence-corrected chi connectivity index (χ2v) is 9.23.